The van der Waals surface area contributed by atoms with E-state index in [2.05, 4.69) is 15.0 Å². The maximum Gasteiger partial charge on any atom is 0.337 e. The molecule has 0 aromatic carbocycles. The number of carboxylic acids is 1. The van der Waals surface area contributed by atoms with E-state index >= 15 is 0 Å². The number of pyridine rings is 1. The van der Waals surface area contributed by atoms with Crippen LogP contribution in [0.25, 0.3) is 11.3 Å². The maximum absolute atomic E-state index is 12.8. The molecule has 7 heteroatoms. The van der Waals surface area contributed by atoms with Crippen LogP contribution in [0, 0.1) is 12.3 Å². The van der Waals surface area contributed by atoms with Crippen LogP contribution in [-0.4, -0.2) is 43.4 Å². The molecule has 1 fully saturated rings. The Morgan fingerprint density at radius 2 is 1.93 bits per heavy atom. The van der Waals surface area contributed by atoms with Gasteiger partial charge in [0.25, 0.3) is 0 Å². The number of carbonyl (C=O) groups excluding carboxylic acids is 1. The molecule has 0 saturated carbocycles. The molecule has 27 heavy (non-hydrogen) atoms. The van der Waals surface area contributed by atoms with E-state index in [1.54, 1.807) is 18.3 Å². The number of nitrogens with zero attached hydrogens (tertiary/aromatic N) is 4. The van der Waals surface area contributed by atoms with Gasteiger partial charge in [0.2, 0.25) is 5.91 Å². The van der Waals surface area contributed by atoms with Gasteiger partial charge in [-0.05, 0) is 31.9 Å². The molecule has 0 radical (unpaired) electrons. The number of aromatic nitrogens is 3. The van der Waals surface area contributed by atoms with Crippen molar-refractivity contribution in [2.75, 3.05) is 6.54 Å². The summed E-state index contributed by atoms with van der Waals surface area (Å²) in [6.07, 6.45) is 4.62. The topological polar surface area (TPSA) is 96.3 Å². The Hall–Kier alpha value is -2.83. The summed E-state index contributed by atoms with van der Waals surface area (Å²) in [5.41, 5.74) is 1.65. The highest BCUT2D eigenvalue weighted by molar-refractivity contribution is 5.88. The van der Waals surface area contributed by atoms with Crippen LogP contribution in [0.2, 0.25) is 0 Å². The summed E-state index contributed by atoms with van der Waals surface area (Å²) in [6, 6.07) is 3.19. The van der Waals surface area contributed by atoms with Gasteiger partial charge in [-0.15, -0.1) is 0 Å². The Kier molecular flexibility index (Phi) is 4.95. The van der Waals surface area contributed by atoms with Gasteiger partial charge in [0.15, 0.2) is 5.82 Å². The Labute approximate surface area is 158 Å². The van der Waals surface area contributed by atoms with Crippen LogP contribution in [0.4, 0.5) is 0 Å². The first-order valence-electron chi connectivity index (χ1n) is 9.02. The molecule has 3 rings (SSSR count). The summed E-state index contributed by atoms with van der Waals surface area (Å²) in [4.78, 5) is 39.1. The average molecular weight is 368 g/mol. The van der Waals surface area contributed by atoms with Gasteiger partial charge in [-0.1, -0.05) is 20.8 Å². The van der Waals surface area contributed by atoms with Crippen molar-refractivity contribution in [1.82, 2.24) is 19.9 Å². The molecule has 1 amide bonds. The molecular formula is C20H24N4O3. The third-order valence-corrected chi connectivity index (χ3v) is 4.61. The van der Waals surface area contributed by atoms with Gasteiger partial charge in [-0.3, -0.25) is 9.78 Å². The van der Waals surface area contributed by atoms with Crippen molar-refractivity contribution in [3.05, 3.63) is 41.6 Å². The minimum absolute atomic E-state index is 0.0891. The molecule has 2 aromatic heterocycles. The van der Waals surface area contributed by atoms with Gasteiger partial charge in [-0.2, -0.15) is 0 Å². The number of amides is 1. The number of aromatic carboxylic acids is 1. The number of likely N-dealkylation sites (tertiary alicyclic amines) is 1. The van der Waals surface area contributed by atoms with Gasteiger partial charge >= 0.3 is 5.97 Å². The average Bonchev–Trinajstić information content (AvgIpc) is 3.09. The highest BCUT2D eigenvalue weighted by Gasteiger charge is 2.37. The van der Waals surface area contributed by atoms with Gasteiger partial charge in [-0.25, -0.2) is 14.8 Å². The third-order valence-electron chi connectivity index (χ3n) is 4.61. The Morgan fingerprint density at radius 1 is 1.19 bits per heavy atom. The molecule has 0 aliphatic carbocycles. The lowest BCUT2D eigenvalue weighted by Crippen LogP contribution is -2.39. The van der Waals surface area contributed by atoms with E-state index in [9.17, 15) is 14.7 Å². The highest BCUT2D eigenvalue weighted by atomic mass is 16.4. The van der Waals surface area contributed by atoms with Crippen molar-refractivity contribution in [2.24, 2.45) is 5.41 Å². The van der Waals surface area contributed by atoms with Crippen molar-refractivity contribution in [3.8, 4) is 11.3 Å². The van der Waals surface area contributed by atoms with Crippen LogP contribution < -0.4 is 0 Å². The summed E-state index contributed by atoms with van der Waals surface area (Å²) < 4.78 is 0. The van der Waals surface area contributed by atoms with Crippen molar-refractivity contribution in [2.45, 2.75) is 46.6 Å². The van der Waals surface area contributed by atoms with Crippen molar-refractivity contribution >= 4 is 11.9 Å². The van der Waals surface area contributed by atoms with Crippen LogP contribution >= 0.6 is 0 Å². The van der Waals surface area contributed by atoms with Crippen LogP contribution in [0.1, 0.15) is 61.5 Å². The zero-order valence-corrected chi connectivity index (χ0v) is 16.1. The number of carboxylic acid groups (broad SMARTS) is 1. The molecule has 3 heterocycles. The first-order chi connectivity index (χ1) is 12.7. The lowest BCUT2D eigenvalue weighted by molar-refractivity contribution is -0.140. The molecule has 1 saturated heterocycles. The summed E-state index contributed by atoms with van der Waals surface area (Å²) in [7, 11) is 0. The fourth-order valence-corrected chi connectivity index (χ4v) is 3.29. The summed E-state index contributed by atoms with van der Waals surface area (Å²) in [6.45, 7) is 8.31. The first kappa shape index (κ1) is 18.9. The zero-order valence-electron chi connectivity index (χ0n) is 16.1. The van der Waals surface area contributed by atoms with Crippen LogP contribution in [0.15, 0.2) is 24.5 Å². The lowest BCUT2D eigenvalue weighted by Gasteiger charge is -2.30. The van der Waals surface area contributed by atoms with E-state index in [-0.39, 0.29) is 17.5 Å². The third kappa shape index (κ3) is 3.97. The molecule has 142 valence electrons. The van der Waals surface area contributed by atoms with E-state index in [0.29, 0.717) is 23.6 Å². The number of carbonyl (C=O) groups is 2. The molecule has 1 aliphatic heterocycles. The van der Waals surface area contributed by atoms with Crippen molar-refractivity contribution in [1.29, 1.82) is 0 Å². The smallest absolute Gasteiger partial charge is 0.337 e. The Bertz CT molecular complexity index is 889. The molecule has 7 nitrogen and oxygen atoms in total. The van der Waals surface area contributed by atoms with Gasteiger partial charge in [0.05, 0.1) is 17.3 Å². The molecule has 0 spiro atoms. The second-order valence-electron chi connectivity index (χ2n) is 7.93. The minimum atomic E-state index is -1.03. The van der Waals surface area contributed by atoms with Gasteiger partial charge in [0.1, 0.15) is 0 Å². The monoisotopic (exact) mass is 368 g/mol. The molecule has 0 unspecified atom stereocenters. The van der Waals surface area contributed by atoms with Crippen molar-refractivity contribution < 1.29 is 14.7 Å². The maximum atomic E-state index is 12.8. The molecular weight excluding hydrogens is 344 g/mol. The second-order valence-corrected chi connectivity index (χ2v) is 7.93. The molecule has 1 N–H and O–H groups in total. The fraction of sp³-hybridized carbons (Fsp3) is 0.450. The standard InChI is InChI=1S/C20H24N4O3/c1-12-8-15(13-9-14(18(25)26)11-21-10-13)23-17(22-12)16-6-5-7-24(16)19(27)20(2,3)4/h8-11,16H,5-7H2,1-4H3,(H,25,26)/t16-/m1/s1. The van der Waals surface area contributed by atoms with Crippen LogP contribution in [0.3, 0.4) is 0 Å². The summed E-state index contributed by atoms with van der Waals surface area (Å²) >= 11 is 0. The minimum Gasteiger partial charge on any atom is -0.478 e. The quantitative estimate of drug-likeness (QED) is 0.893. The van der Waals surface area contributed by atoms with Gasteiger partial charge in [0, 0.05) is 35.6 Å². The largest absolute Gasteiger partial charge is 0.478 e. The highest BCUT2D eigenvalue weighted by Crippen LogP contribution is 2.34. The van der Waals surface area contributed by atoms with Crippen LogP contribution in [-0.2, 0) is 4.79 Å². The summed E-state index contributed by atoms with van der Waals surface area (Å²) in [5, 5.41) is 9.19. The van der Waals surface area contributed by atoms with E-state index in [1.165, 1.54) is 6.20 Å². The zero-order chi connectivity index (χ0) is 19.8. The van der Waals surface area contributed by atoms with Crippen molar-refractivity contribution in [3.63, 3.8) is 0 Å². The predicted octanol–water partition coefficient (Wildman–Crippen LogP) is 3.25. The first-order valence-corrected chi connectivity index (χ1v) is 9.02. The Balaban J connectivity index is 2.00. The van der Waals surface area contributed by atoms with E-state index in [4.69, 9.17) is 0 Å². The van der Waals surface area contributed by atoms with Crippen LogP contribution in [0.5, 0.6) is 0 Å². The summed E-state index contributed by atoms with van der Waals surface area (Å²) in [5.74, 6) is -0.347. The molecule has 1 atom stereocenters. The lowest BCUT2D eigenvalue weighted by atomic mass is 9.94. The van der Waals surface area contributed by atoms with E-state index in [1.807, 2.05) is 32.6 Å². The van der Waals surface area contributed by atoms with Gasteiger partial charge < -0.3 is 10.0 Å². The number of hydrogen-bond donors (Lipinski definition) is 1. The number of rotatable bonds is 3. The molecule has 1 aliphatic rings. The van der Waals surface area contributed by atoms with E-state index < -0.39 is 11.4 Å². The fourth-order valence-electron chi connectivity index (χ4n) is 3.29. The predicted molar refractivity (Wildman–Crippen MR) is 100 cm³/mol. The molecule has 0 bridgehead atoms. The normalized spacial score (nSPS) is 17.2. The van der Waals surface area contributed by atoms with E-state index in [0.717, 1.165) is 18.5 Å². The Morgan fingerprint density at radius 3 is 2.59 bits per heavy atom. The SMILES string of the molecule is Cc1cc(-c2cncc(C(=O)O)c2)nc([C@H]2CCCN2C(=O)C(C)(C)C)n1. The number of hydrogen-bond acceptors (Lipinski definition) is 5. The number of aryl methyl sites for hydroxylation is 1. The second kappa shape index (κ2) is 7.06. The molecule has 2 aromatic rings.